The molecule has 0 unspecified atom stereocenters. The second kappa shape index (κ2) is 9.49. The number of hydrogen-bond acceptors (Lipinski definition) is 5. The van der Waals surface area contributed by atoms with Gasteiger partial charge in [0.15, 0.2) is 11.5 Å². The van der Waals surface area contributed by atoms with Crippen molar-refractivity contribution in [3.05, 3.63) is 47.4 Å². The Morgan fingerprint density at radius 2 is 1.93 bits per heavy atom. The van der Waals surface area contributed by atoms with E-state index in [1.54, 1.807) is 19.2 Å². The van der Waals surface area contributed by atoms with Crippen LogP contribution in [0.15, 0.2) is 34.7 Å². The molecule has 1 aromatic heterocycles. The predicted octanol–water partition coefficient (Wildman–Crippen LogP) is 5.31. The SMILES string of the molecule is CCCc1ccc(OCc2ccc(C(=O)OC3CCCCC3)o2)c(OC)c1. The molecule has 1 fully saturated rings. The zero-order valence-electron chi connectivity index (χ0n) is 16.2. The topological polar surface area (TPSA) is 57.9 Å². The third-order valence-corrected chi connectivity index (χ3v) is 4.83. The van der Waals surface area contributed by atoms with Crippen LogP contribution in [0.3, 0.4) is 0 Å². The number of rotatable bonds is 8. The fraction of sp³-hybridized carbons (Fsp3) is 0.500. The number of carbonyl (C=O) groups excluding carboxylic acids is 1. The zero-order valence-corrected chi connectivity index (χ0v) is 16.2. The predicted molar refractivity (Wildman–Crippen MR) is 102 cm³/mol. The first-order valence-electron chi connectivity index (χ1n) is 9.79. The second-order valence-corrected chi connectivity index (χ2v) is 6.96. The van der Waals surface area contributed by atoms with Crippen LogP contribution in [0.5, 0.6) is 11.5 Å². The molecule has 27 heavy (non-hydrogen) atoms. The molecule has 1 aliphatic rings. The Morgan fingerprint density at radius 3 is 2.67 bits per heavy atom. The van der Waals surface area contributed by atoms with Crippen molar-refractivity contribution in [3.63, 3.8) is 0 Å². The summed E-state index contributed by atoms with van der Waals surface area (Å²) in [6, 6.07) is 9.33. The minimum absolute atomic E-state index is 0.0157. The van der Waals surface area contributed by atoms with Gasteiger partial charge in [0.2, 0.25) is 5.76 Å². The van der Waals surface area contributed by atoms with Crippen LogP contribution in [0.25, 0.3) is 0 Å². The van der Waals surface area contributed by atoms with E-state index in [1.165, 1.54) is 12.0 Å². The highest BCUT2D eigenvalue weighted by atomic mass is 16.6. The smallest absolute Gasteiger partial charge is 0.374 e. The molecular weight excluding hydrogens is 344 g/mol. The van der Waals surface area contributed by atoms with E-state index in [0.717, 1.165) is 38.5 Å². The van der Waals surface area contributed by atoms with E-state index >= 15 is 0 Å². The number of methoxy groups -OCH3 is 1. The summed E-state index contributed by atoms with van der Waals surface area (Å²) in [5.41, 5.74) is 1.22. The molecule has 0 radical (unpaired) electrons. The molecule has 1 heterocycles. The molecule has 3 rings (SSSR count). The van der Waals surface area contributed by atoms with Gasteiger partial charge in [-0.05, 0) is 61.9 Å². The highest BCUT2D eigenvalue weighted by Crippen LogP contribution is 2.29. The maximum Gasteiger partial charge on any atom is 0.374 e. The first-order chi connectivity index (χ1) is 13.2. The lowest BCUT2D eigenvalue weighted by Gasteiger charge is -2.21. The Kier molecular flexibility index (Phi) is 6.80. The van der Waals surface area contributed by atoms with Gasteiger partial charge in [0, 0.05) is 0 Å². The van der Waals surface area contributed by atoms with Crippen molar-refractivity contribution in [2.45, 2.75) is 64.6 Å². The van der Waals surface area contributed by atoms with Gasteiger partial charge in [-0.2, -0.15) is 0 Å². The average molecular weight is 372 g/mol. The number of benzene rings is 1. The molecule has 1 aromatic carbocycles. The highest BCUT2D eigenvalue weighted by Gasteiger charge is 2.21. The summed E-state index contributed by atoms with van der Waals surface area (Å²) in [5, 5.41) is 0. The highest BCUT2D eigenvalue weighted by molar-refractivity contribution is 5.86. The molecule has 146 valence electrons. The first-order valence-corrected chi connectivity index (χ1v) is 9.79. The van der Waals surface area contributed by atoms with Gasteiger partial charge in [0.1, 0.15) is 18.5 Å². The first kappa shape index (κ1) is 19.3. The summed E-state index contributed by atoms with van der Waals surface area (Å²) in [6.07, 6.45) is 7.44. The van der Waals surface area contributed by atoms with Gasteiger partial charge in [0.25, 0.3) is 0 Å². The van der Waals surface area contributed by atoms with Gasteiger partial charge in [-0.25, -0.2) is 4.79 Å². The summed E-state index contributed by atoms with van der Waals surface area (Å²) in [5.74, 6) is 1.76. The third kappa shape index (κ3) is 5.28. The number of hydrogen-bond donors (Lipinski definition) is 0. The molecule has 0 N–H and O–H groups in total. The molecule has 5 nitrogen and oxygen atoms in total. The van der Waals surface area contributed by atoms with Crippen LogP contribution < -0.4 is 9.47 Å². The average Bonchev–Trinajstić information content (AvgIpc) is 3.17. The van der Waals surface area contributed by atoms with E-state index in [0.29, 0.717) is 17.3 Å². The fourth-order valence-corrected chi connectivity index (χ4v) is 3.38. The van der Waals surface area contributed by atoms with Gasteiger partial charge < -0.3 is 18.6 Å². The molecule has 1 saturated carbocycles. The Morgan fingerprint density at radius 1 is 1.11 bits per heavy atom. The second-order valence-electron chi connectivity index (χ2n) is 6.96. The van der Waals surface area contributed by atoms with Crippen LogP contribution in [0, 0.1) is 0 Å². The van der Waals surface area contributed by atoms with Crippen LogP contribution in [0.4, 0.5) is 0 Å². The minimum atomic E-state index is -0.394. The van der Waals surface area contributed by atoms with E-state index in [4.69, 9.17) is 18.6 Å². The van der Waals surface area contributed by atoms with Crippen LogP contribution in [-0.2, 0) is 17.8 Å². The molecule has 5 heteroatoms. The van der Waals surface area contributed by atoms with E-state index in [1.807, 2.05) is 18.2 Å². The normalized spacial score (nSPS) is 14.7. The van der Waals surface area contributed by atoms with Crippen molar-refractivity contribution < 1.29 is 23.4 Å². The Balaban J connectivity index is 1.57. The fourth-order valence-electron chi connectivity index (χ4n) is 3.38. The van der Waals surface area contributed by atoms with E-state index in [-0.39, 0.29) is 18.5 Å². The zero-order chi connectivity index (χ0) is 19.1. The van der Waals surface area contributed by atoms with Crippen molar-refractivity contribution in [1.82, 2.24) is 0 Å². The van der Waals surface area contributed by atoms with Crippen LogP contribution >= 0.6 is 0 Å². The van der Waals surface area contributed by atoms with Crippen molar-refractivity contribution in [2.24, 2.45) is 0 Å². The third-order valence-electron chi connectivity index (χ3n) is 4.83. The molecule has 0 amide bonds. The number of ether oxygens (including phenoxy) is 3. The summed E-state index contributed by atoms with van der Waals surface area (Å²) < 4.78 is 22.4. The molecule has 0 bridgehead atoms. The van der Waals surface area contributed by atoms with E-state index in [2.05, 4.69) is 6.92 Å². The Bertz CT molecular complexity index is 743. The lowest BCUT2D eigenvalue weighted by atomic mass is 9.98. The molecule has 1 aliphatic carbocycles. The molecule has 2 aromatic rings. The number of esters is 1. The molecular formula is C22H28O5. The summed E-state index contributed by atoms with van der Waals surface area (Å²) in [7, 11) is 1.63. The molecule has 0 spiro atoms. The summed E-state index contributed by atoms with van der Waals surface area (Å²) in [6.45, 7) is 2.37. The number of carbonyl (C=O) groups is 1. The lowest BCUT2D eigenvalue weighted by molar-refractivity contribution is 0.0174. The van der Waals surface area contributed by atoms with Crippen LogP contribution in [0.1, 0.15) is 67.3 Å². The molecule has 0 aliphatic heterocycles. The van der Waals surface area contributed by atoms with Crippen LogP contribution in [0.2, 0.25) is 0 Å². The van der Waals surface area contributed by atoms with Crippen molar-refractivity contribution >= 4 is 5.97 Å². The number of furan rings is 1. The van der Waals surface area contributed by atoms with E-state index < -0.39 is 5.97 Å². The maximum atomic E-state index is 12.2. The monoisotopic (exact) mass is 372 g/mol. The quantitative estimate of drug-likeness (QED) is 0.588. The molecule has 0 atom stereocenters. The standard InChI is InChI=1S/C22H28O5/c1-3-7-16-10-12-19(21(14-16)24-2)25-15-18-11-13-20(26-18)22(23)27-17-8-5-4-6-9-17/h10-14,17H,3-9,15H2,1-2H3. The Hall–Kier alpha value is -2.43. The largest absolute Gasteiger partial charge is 0.493 e. The van der Waals surface area contributed by atoms with Crippen molar-refractivity contribution in [1.29, 1.82) is 0 Å². The Labute approximate surface area is 160 Å². The lowest BCUT2D eigenvalue weighted by Crippen LogP contribution is -2.20. The van der Waals surface area contributed by atoms with Crippen molar-refractivity contribution in [2.75, 3.05) is 7.11 Å². The number of aryl methyl sites for hydroxylation is 1. The van der Waals surface area contributed by atoms with Gasteiger partial charge in [-0.15, -0.1) is 0 Å². The van der Waals surface area contributed by atoms with Gasteiger partial charge in [-0.1, -0.05) is 25.8 Å². The van der Waals surface area contributed by atoms with E-state index in [9.17, 15) is 4.79 Å². The minimum Gasteiger partial charge on any atom is -0.493 e. The van der Waals surface area contributed by atoms with Gasteiger partial charge >= 0.3 is 5.97 Å². The summed E-state index contributed by atoms with van der Waals surface area (Å²) in [4.78, 5) is 12.2. The van der Waals surface area contributed by atoms with Crippen molar-refractivity contribution in [3.8, 4) is 11.5 Å². The van der Waals surface area contributed by atoms with Crippen LogP contribution in [-0.4, -0.2) is 19.2 Å². The van der Waals surface area contributed by atoms with Gasteiger partial charge in [-0.3, -0.25) is 0 Å². The summed E-state index contributed by atoms with van der Waals surface area (Å²) >= 11 is 0. The molecule has 0 saturated heterocycles. The van der Waals surface area contributed by atoms with Gasteiger partial charge in [0.05, 0.1) is 7.11 Å². The maximum absolute atomic E-state index is 12.2.